The van der Waals surface area contributed by atoms with Gasteiger partial charge in [0.1, 0.15) is 5.82 Å². The average molecular weight is 282 g/mol. The van der Waals surface area contributed by atoms with Crippen LogP contribution < -0.4 is 10.6 Å². The topological polar surface area (TPSA) is 45.4 Å². The second-order valence-corrected chi connectivity index (χ2v) is 5.61. The molecule has 1 aliphatic heterocycles. The van der Waals surface area contributed by atoms with E-state index in [1.54, 1.807) is 0 Å². The molecule has 1 unspecified atom stereocenters. The Labute approximate surface area is 126 Å². The normalized spacial score (nSPS) is 19.7. The molecule has 1 aromatic heterocycles. The SMILES string of the molecule is CN1CCN(c2cc(CN)ccn2)C(c2ccccc2)C1. The number of nitrogens with two attached hydrogens (primary N) is 1. The molecule has 0 bridgehead atoms. The lowest BCUT2D eigenvalue weighted by atomic mass is 10.0. The third kappa shape index (κ3) is 3.06. The van der Waals surface area contributed by atoms with Crippen molar-refractivity contribution in [1.82, 2.24) is 9.88 Å². The first kappa shape index (κ1) is 14.0. The first-order valence-corrected chi connectivity index (χ1v) is 7.43. The highest BCUT2D eigenvalue weighted by Gasteiger charge is 2.27. The van der Waals surface area contributed by atoms with Gasteiger partial charge in [0.05, 0.1) is 6.04 Å². The summed E-state index contributed by atoms with van der Waals surface area (Å²) in [6, 6.07) is 15.1. The van der Waals surface area contributed by atoms with Crippen LogP contribution in [0.25, 0.3) is 0 Å². The van der Waals surface area contributed by atoms with Gasteiger partial charge in [-0.2, -0.15) is 0 Å². The highest BCUT2D eigenvalue weighted by Crippen LogP contribution is 2.29. The van der Waals surface area contributed by atoms with E-state index in [4.69, 9.17) is 5.73 Å². The molecule has 1 fully saturated rings. The second kappa shape index (κ2) is 6.24. The van der Waals surface area contributed by atoms with Crippen LogP contribution in [0.1, 0.15) is 17.2 Å². The minimum atomic E-state index is 0.338. The maximum Gasteiger partial charge on any atom is 0.129 e. The Morgan fingerprint density at radius 1 is 1.19 bits per heavy atom. The summed E-state index contributed by atoms with van der Waals surface area (Å²) in [5.41, 5.74) is 8.23. The van der Waals surface area contributed by atoms with Crippen LogP contribution in [0, 0.1) is 0 Å². The van der Waals surface area contributed by atoms with Gasteiger partial charge in [-0.05, 0) is 30.3 Å². The zero-order valence-corrected chi connectivity index (χ0v) is 12.4. The maximum absolute atomic E-state index is 5.76. The fraction of sp³-hybridized carbons (Fsp3) is 0.353. The van der Waals surface area contributed by atoms with E-state index in [1.807, 2.05) is 12.3 Å². The van der Waals surface area contributed by atoms with E-state index in [0.29, 0.717) is 12.6 Å². The molecule has 0 radical (unpaired) electrons. The number of piperazine rings is 1. The van der Waals surface area contributed by atoms with Crippen molar-refractivity contribution in [2.75, 3.05) is 31.6 Å². The fourth-order valence-corrected chi connectivity index (χ4v) is 2.90. The molecular weight excluding hydrogens is 260 g/mol. The zero-order chi connectivity index (χ0) is 14.7. The molecule has 4 nitrogen and oxygen atoms in total. The summed E-state index contributed by atoms with van der Waals surface area (Å²) >= 11 is 0. The Hall–Kier alpha value is -1.91. The number of benzene rings is 1. The van der Waals surface area contributed by atoms with Crippen molar-refractivity contribution in [1.29, 1.82) is 0 Å². The van der Waals surface area contributed by atoms with Gasteiger partial charge in [0.2, 0.25) is 0 Å². The van der Waals surface area contributed by atoms with Crippen molar-refractivity contribution in [3.05, 3.63) is 59.8 Å². The van der Waals surface area contributed by atoms with Gasteiger partial charge >= 0.3 is 0 Å². The number of rotatable bonds is 3. The van der Waals surface area contributed by atoms with E-state index in [9.17, 15) is 0 Å². The van der Waals surface area contributed by atoms with E-state index >= 15 is 0 Å². The fourth-order valence-electron chi connectivity index (χ4n) is 2.90. The van der Waals surface area contributed by atoms with Gasteiger partial charge in [-0.25, -0.2) is 4.98 Å². The van der Waals surface area contributed by atoms with Crippen LogP contribution in [0.15, 0.2) is 48.7 Å². The van der Waals surface area contributed by atoms with Gasteiger partial charge in [0, 0.05) is 32.4 Å². The van der Waals surface area contributed by atoms with Crippen molar-refractivity contribution in [2.24, 2.45) is 5.73 Å². The Morgan fingerprint density at radius 3 is 2.76 bits per heavy atom. The molecule has 2 aromatic rings. The van der Waals surface area contributed by atoms with Crippen molar-refractivity contribution >= 4 is 5.82 Å². The van der Waals surface area contributed by atoms with Gasteiger partial charge in [-0.15, -0.1) is 0 Å². The van der Waals surface area contributed by atoms with Crippen LogP contribution in [0.2, 0.25) is 0 Å². The molecule has 1 aromatic carbocycles. The highest BCUT2D eigenvalue weighted by atomic mass is 15.3. The lowest BCUT2D eigenvalue weighted by molar-refractivity contribution is 0.268. The van der Waals surface area contributed by atoms with Gasteiger partial charge in [0.25, 0.3) is 0 Å². The second-order valence-electron chi connectivity index (χ2n) is 5.61. The van der Waals surface area contributed by atoms with E-state index < -0.39 is 0 Å². The molecular formula is C17H22N4. The summed E-state index contributed by atoms with van der Waals surface area (Å²) in [6.45, 7) is 3.60. The number of aromatic nitrogens is 1. The van der Waals surface area contributed by atoms with Crippen LogP contribution in [0.5, 0.6) is 0 Å². The summed E-state index contributed by atoms with van der Waals surface area (Å²) in [4.78, 5) is 9.34. The van der Waals surface area contributed by atoms with Gasteiger partial charge < -0.3 is 15.5 Å². The molecule has 1 atom stereocenters. The van der Waals surface area contributed by atoms with Crippen LogP contribution in [-0.2, 0) is 6.54 Å². The Kier molecular flexibility index (Phi) is 4.18. The van der Waals surface area contributed by atoms with E-state index in [0.717, 1.165) is 31.0 Å². The molecule has 0 spiro atoms. The molecule has 0 aliphatic carbocycles. The molecule has 0 saturated carbocycles. The van der Waals surface area contributed by atoms with Crippen molar-refractivity contribution < 1.29 is 0 Å². The lowest BCUT2D eigenvalue weighted by Gasteiger charge is -2.41. The predicted molar refractivity (Wildman–Crippen MR) is 86.2 cm³/mol. The monoisotopic (exact) mass is 282 g/mol. The van der Waals surface area contributed by atoms with Gasteiger partial charge in [-0.3, -0.25) is 0 Å². The quantitative estimate of drug-likeness (QED) is 0.935. The molecule has 21 heavy (non-hydrogen) atoms. The average Bonchev–Trinajstić information content (AvgIpc) is 2.55. The van der Waals surface area contributed by atoms with Crippen LogP contribution >= 0.6 is 0 Å². The van der Waals surface area contributed by atoms with Crippen LogP contribution in [0.3, 0.4) is 0 Å². The highest BCUT2D eigenvalue weighted by molar-refractivity contribution is 5.45. The molecule has 4 heteroatoms. The van der Waals surface area contributed by atoms with Crippen molar-refractivity contribution in [3.8, 4) is 0 Å². The predicted octanol–water partition coefficient (Wildman–Crippen LogP) is 2.03. The summed E-state index contributed by atoms with van der Waals surface area (Å²) in [5, 5.41) is 0. The number of hydrogen-bond acceptors (Lipinski definition) is 4. The largest absolute Gasteiger partial charge is 0.347 e. The van der Waals surface area contributed by atoms with Crippen molar-refractivity contribution in [2.45, 2.75) is 12.6 Å². The first-order chi connectivity index (χ1) is 10.3. The van der Waals surface area contributed by atoms with Gasteiger partial charge in [0.15, 0.2) is 0 Å². The van der Waals surface area contributed by atoms with E-state index in [-0.39, 0.29) is 0 Å². The lowest BCUT2D eigenvalue weighted by Crippen LogP contribution is -2.47. The van der Waals surface area contributed by atoms with E-state index in [2.05, 4.69) is 58.2 Å². The molecule has 0 amide bonds. The summed E-state index contributed by atoms with van der Waals surface area (Å²) in [7, 11) is 2.18. The third-order valence-electron chi connectivity index (χ3n) is 4.11. The Bertz CT molecular complexity index is 584. The summed E-state index contributed by atoms with van der Waals surface area (Å²) in [6.07, 6.45) is 1.86. The molecule has 2 heterocycles. The molecule has 1 saturated heterocycles. The van der Waals surface area contributed by atoms with Crippen molar-refractivity contribution in [3.63, 3.8) is 0 Å². The molecule has 3 rings (SSSR count). The smallest absolute Gasteiger partial charge is 0.129 e. The van der Waals surface area contributed by atoms with E-state index in [1.165, 1.54) is 5.56 Å². The zero-order valence-electron chi connectivity index (χ0n) is 12.4. The standard InChI is InChI=1S/C17H22N4/c1-20-9-10-21(17-11-14(12-18)7-8-19-17)16(13-20)15-5-3-2-4-6-15/h2-8,11,16H,9-10,12-13,18H2,1H3. The maximum atomic E-state index is 5.76. The van der Waals surface area contributed by atoms with Crippen LogP contribution in [-0.4, -0.2) is 36.6 Å². The molecule has 110 valence electrons. The summed E-state index contributed by atoms with van der Waals surface area (Å²) < 4.78 is 0. The Balaban J connectivity index is 1.94. The summed E-state index contributed by atoms with van der Waals surface area (Å²) in [5.74, 6) is 1.03. The number of nitrogens with zero attached hydrogens (tertiary/aromatic N) is 3. The molecule has 2 N–H and O–H groups in total. The van der Waals surface area contributed by atoms with Crippen LogP contribution in [0.4, 0.5) is 5.82 Å². The molecule has 1 aliphatic rings. The number of hydrogen-bond donors (Lipinski definition) is 1. The van der Waals surface area contributed by atoms with Gasteiger partial charge in [-0.1, -0.05) is 30.3 Å². The minimum absolute atomic E-state index is 0.338. The first-order valence-electron chi connectivity index (χ1n) is 7.43. The third-order valence-corrected chi connectivity index (χ3v) is 4.11. The number of likely N-dealkylation sites (N-methyl/N-ethyl adjacent to an activating group) is 1. The number of anilines is 1. The Morgan fingerprint density at radius 2 is 2.00 bits per heavy atom. The minimum Gasteiger partial charge on any atom is -0.347 e. The number of pyridine rings is 1.